The van der Waals surface area contributed by atoms with Crippen molar-refractivity contribution in [3.05, 3.63) is 48.5 Å². The molecule has 0 bridgehead atoms. The highest BCUT2D eigenvalue weighted by Crippen LogP contribution is 2.22. The average Bonchev–Trinajstić information content (AvgIpc) is 2.78. The predicted molar refractivity (Wildman–Crippen MR) is 134 cm³/mol. The number of carbonyl (C=O) groups excluding carboxylic acids is 1. The van der Waals surface area contributed by atoms with E-state index in [2.05, 4.69) is 9.44 Å². The quantitative estimate of drug-likeness (QED) is 0.472. The molecule has 2 aromatic carbocycles. The van der Waals surface area contributed by atoms with E-state index in [0.29, 0.717) is 37.3 Å². The van der Waals surface area contributed by atoms with Crippen LogP contribution in [0.5, 0.6) is 0 Å². The molecule has 0 spiro atoms. The second-order valence-electron chi connectivity index (χ2n) is 9.47. The third-order valence-electron chi connectivity index (χ3n) is 5.42. The highest BCUT2D eigenvalue weighted by Gasteiger charge is 2.28. The molecule has 12 heteroatoms. The Balaban J connectivity index is 1.60. The number of sulfonamides is 2. The molecule has 0 saturated carbocycles. The zero-order chi connectivity index (χ0) is 25.9. The lowest BCUT2D eigenvalue weighted by Crippen LogP contribution is -2.43. The molecule has 1 saturated heterocycles. The summed E-state index contributed by atoms with van der Waals surface area (Å²) in [5.41, 5.74) is 5.84. The Morgan fingerprint density at radius 2 is 1.57 bits per heavy atom. The number of piperidine rings is 1. The van der Waals surface area contributed by atoms with Gasteiger partial charge in [0.2, 0.25) is 10.0 Å². The maximum Gasteiger partial charge on any atom is 0.410 e. The van der Waals surface area contributed by atoms with Gasteiger partial charge < -0.3 is 15.4 Å². The Hall–Kier alpha value is -2.83. The number of amides is 1. The summed E-state index contributed by atoms with van der Waals surface area (Å²) in [7, 11) is -7.94. The fourth-order valence-corrected chi connectivity index (χ4v) is 5.87. The molecule has 1 fully saturated rings. The number of rotatable bonds is 7. The molecule has 0 aliphatic carbocycles. The summed E-state index contributed by atoms with van der Waals surface area (Å²) in [6.45, 7) is 6.56. The van der Waals surface area contributed by atoms with Gasteiger partial charge in [-0.25, -0.2) is 26.4 Å². The van der Waals surface area contributed by atoms with Crippen molar-refractivity contribution in [2.45, 2.75) is 49.0 Å². The zero-order valence-corrected chi connectivity index (χ0v) is 21.7. The minimum absolute atomic E-state index is 0.0440. The number of likely N-dealkylation sites (tertiary alicyclic amines) is 1. The van der Waals surface area contributed by atoms with Crippen molar-refractivity contribution >= 4 is 37.5 Å². The van der Waals surface area contributed by atoms with Crippen LogP contribution in [-0.4, -0.2) is 53.1 Å². The van der Waals surface area contributed by atoms with Gasteiger partial charge in [-0.1, -0.05) is 6.07 Å². The fraction of sp³-hybridized carbons (Fsp3) is 0.435. The van der Waals surface area contributed by atoms with Crippen LogP contribution < -0.4 is 15.2 Å². The molecular weight excluding hydrogens is 492 g/mol. The van der Waals surface area contributed by atoms with E-state index in [4.69, 9.17) is 10.5 Å². The normalized spacial score (nSPS) is 15.6. The van der Waals surface area contributed by atoms with E-state index < -0.39 is 25.6 Å². The van der Waals surface area contributed by atoms with Crippen LogP contribution in [0.1, 0.15) is 33.6 Å². The Morgan fingerprint density at radius 3 is 2.14 bits per heavy atom. The van der Waals surface area contributed by atoms with Gasteiger partial charge in [-0.2, -0.15) is 0 Å². The summed E-state index contributed by atoms with van der Waals surface area (Å²) in [6.07, 6.45) is 0.880. The number of hydrogen-bond acceptors (Lipinski definition) is 7. The maximum absolute atomic E-state index is 12.9. The number of nitrogens with zero attached hydrogens (tertiary/aromatic N) is 1. The third kappa shape index (κ3) is 7.58. The van der Waals surface area contributed by atoms with Gasteiger partial charge in [0.1, 0.15) is 5.60 Å². The van der Waals surface area contributed by atoms with Crippen molar-refractivity contribution < 1.29 is 26.4 Å². The van der Waals surface area contributed by atoms with Crippen molar-refractivity contribution in [3.8, 4) is 0 Å². The zero-order valence-electron chi connectivity index (χ0n) is 20.0. The monoisotopic (exact) mass is 524 g/mol. The number of nitrogens with one attached hydrogen (secondary N) is 2. The molecule has 0 radical (unpaired) electrons. The minimum atomic E-state index is -4.00. The second-order valence-corrected chi connectivity index (χ2v) is 12.9. The molecule has 192 valence electrons. The summed E-state index contributed by atoms with van der Waals surface area (Å²) >= 11 is 0. The van der Waals surface area contributed by atoms with Crippen molar-refractivity contribution in [1.29, 1.82) is 0 Å². The number of nitrogen functional groups attached to an aromatic ring is 1. The highest BCUT2D eigenvalue weighted by atomic mass is 32.2. The number of carbonyl (C=O) groups is 1. The van der Waals surface area contributed by atoms with E-state index >= 15 is 0 Å². The van der Waals surface area contributed by atoms with Crippen LogP contribution in [0.15, 0.2) is 58.3 Å². The molecule has 0 aromatic heterocycles. The number of benzene rings is 2. The van der Waals surface area contributed by atoms with Gasteiger partial charge in [0.25, 0.3) is 10.0 Å². The Bertz CT molecular complexity index is 1250. The summed E-state index contributed by atoms with van der Waals surface area (Å²) < 4.78 is 61.6. The summed E-state index contributed by atoms with van der Waals surface area (Å²) in [4.78, 5) is 13.5. The van der Waals surface area contributed by atoms with Gasteiger partial charge in [0.05, 0.1) is 9.79 Å². The number of anilines is 2. The van der Waals surface area contributed by atoms with Crippen LogP contribution in [0.25, 0.3) is 0 Å². The van der Waals surface area contributed by atoms with E-state index in [-0.39, 0.29) is 28.3 Å². The van der Waals surface area contributed by atoms with Crippen molar-refractivity contribution in [1.82, 2.24) is 9.62 Å². The van der Waals surface area contributed by atoms with Crippen LogP contribution in [-0.2, 0) is 24.8 Å². The molecular formula is C23H32N4O6S2. The van der Waals surface area contributed by atoms with Gasteiger partial charge in [-0.3, -0.25) is 4.72 Å². The molecule has 1 aliphatic heterocycles. The summed E-state index contributed by atoms with van der Waals surface area (Å²) in [5.74, 6) is 0.0440. The minimum Gasteiger partial charge on any atom is -0.444 e. The molecule has 4 N–H and O–H groups in total. The molecule has 35 heavy (non-hydrogen) atoms. The third-order valence-corrected chi connectivity index (χ3v) is 8.22. The predicted octanol–water partition coefficient (Wildman–Crippen LogP) is 3.00. The smallest absolute Gasteiger partial charge is 0.410 e. The first-order chi connectivity index (χ1) is 16.2. The maximum atomic E-state index is 12.9. The van der Waals surface area contributed by atoms with E-state index in [1.54, 1.807) is 37.8 Å². The van der Waals surface area contributed by atoms with Gasteiger partial charge in [-0.05, 0) is 82.0 Å². The van der Waals surface area contributed by atoms with Crippen molar-refractivity contribution in [3.63, 3.8) is 0 Å². The lowest BCUT2D eigenvalue weighted by atomic mass is 9.97. The number of hydrogen-bond donors (Lipinski definition) is 3. The molecule has 1 amide bonds. The lowest BCUT2D eigenvalue weighted by molar-refractivity contribution is 0.0185. The highest BCUT2D eigenvalue weighted by molar-refractivity contribution is 7.93. The Morgan fingerprint density at radius 1 is 1.00 bits per heavy atom. The summed E-state index contributed by atoms with van der Waals surface area (Å²) in [6, 6.07) is 11.3. The van der Waals surface area contributed by atoms with Gasteiger partial charge >= 0.3 is 6.09 Å². The van der Waals surface area contributed by atoms with Crippen LogP contribution in [0, 0.1) is 5.92 Å². The average molecular weight is 525 g/mol. The Labute approximate surface area is 206 Å². The fourth-order valence-electron chi connectivity index (χ4n) is 3.53. The van der Waals surface area contributed by atoms with Crippen LogP contribution in [0.4, 0.5) is 16.2 Å². The second kappa shape index (κ2) is 10.4. The number of nitrogens with two attached hydrogens (primary N) is 1. The molecule has 0 unspecified atom stereocenters. The topological polar surface area (TPSA) is 148 Å². The van der Waals surface area contributed by atoms with Crippen LogP contribution in [0.3, 0.4) is 0 Å². The number of ether oxygens (including phenoxy) is 1. The molecule has 2 aromatic rings. The molecule has 3 rings (SSSR count). The van der Waals surface area contributed by atoms with Gasteiger partial charge in [0, 0.05) is 31.0 Å². The molecule has 1 aliphatic rings. The lowest BCUT2D eigenvalue weighted by Gasteiger charge is -2.33. The van der Waals surface area contributed by atoms with Crippen molar-refractivity contribution in [2.75, 3.05) is 30.1 Å². The molecule has 0 atom stereocenters. The van der Waals surface area contributed by atoms with E-state index in [9.17, 15) is 21.6 Å². The Kier molecular flexibility index (Phi) is 7.97. The molecule has 10 nitrogen and oxygen atoms in total. The standard InChI is InChI=1S/C23H32N4O6S2/c1-23(2,3)33-22(28)27-13-11-17(12-14-27)16-25-34(29,30)20-5-4-6-21(15-20)35(31,32)26-19-9-7-18(24)8-10-19/h4-10,15,17,25-26H,11-14,16,24H2,1-3H3. The summed E-state index contributed by atoms with van der Waals surface area (Å²) in [5, 5.41) is 0. The van der Waals surface area contributed by atoms with E-state index in [1.165, 1.54) is 30.3 Å². The largest absolute Gasteiger partial charge is 0.444 e. The van der Waals surface area contributed by atoms with Crippen LogP contribution >= 0.6 is 0 Å². The van der Waals surface area contributed by atoms with Gasteiger partial charge in [0.15, 0.2) is 0 Å². The molecule has 1 heterocycles. The van der Waals surface area contributed by atoms with Crippen molar-refractivity contribution in [2.24, 2.45) is 5.92 Å². The first kappa shape index (κ1) is 26.8. The first-order valence-electron chi connectivity index (χ1n) is 11.2. The first-order valence-corrected chi connectivity index (χ1v) is 14.2. The SMILES string of the molecule is CC(C)(C)OC(=O)N1CCC(CNS(=O)(=O)c2cccc(S(=O)(=O)Nc3ccc(N)cc3)c2)CC1. The van der Waals surface area contributed by atoms with Gasteiger partial charge in [-0.15, -0.1) is 0 Å². The van der Waals surface area contributed by atoms with Crippen LogP contribution in [0.2, 0.25) is 0 Å². The van der Waals surface area contributed by atoms with E-state index in [1.807, 2.05) is 0 Å². The van der Waals surface area contributed by atoms with E-state index in [0.717, 1.165) is 6.07 Å².